The van der Waals surface area contributed by atoms with Crippen LogP contribution < -0.4 is 10.6 Å². The lowest BCUT2D eigenvalue weighted by Crippen LogP contribution is -2.42. The molecule has 0 atom stereocenters. The number of benzene rings is 1. The molecule has 1 heterocycles. The fourth-order valence-electron chi connectivity index (χ4n) is 2.55. The number of piperidine rings is 1. The highest BCUT2D eigenvalue weighted by Gasteiger charge is 2.22. The van der Waals surface area contributed by atoms with Gasteiger partial charge < -0.3 is 15.5 Å². The molecule has 18 heavy (non-hydrogen) atoms. The molecule has 1 aromatic carbocycles. The molecule has 1 saturated heterocycles. The van der Waals surface area contributed by atoms with E-state index in [2.05, 4.69) is 30.0 Å². The van der Waals surface area contributed by atoms with Crippen molar-refractivity contribution in [1.82, 2.24) is 4.90 Å². The molecule has 0 aromatic heterocycles. The lowest BCUT2D eigenvalue weighted by Gasteiger charge is -2.37. The molecular formula is C14H20N4. The molecule has 0 radical (unpaired) electrons. The van der Waals surface area contributed by atoms with Gasteiger partial charge >= 0.3 is 0 Å². The van der Waals surface area contributed by atoms with E-state index in [0.717, 1.165) is 31.6 Å². The van der Waals surface area contributed by atoms with E-state index < -0.39 is 0 Å². The number of hydrogen-bond acceptors (Lipinski definition) is 4. The summed E-state index contributed by atoms with van der Waals surface area (Å²) in [6.45, 7) is 2.00. The highest BCUT2D eigenvalue weighted by molar-refractivity contribution is 5.74. The van der Waals surface area contributed by atoms with Crippen LogP contribution in [0.15, 0.2) is 18.2 Å². The van der Waals surface area contributed by atoms with Gasteiger partial charge in [-0.25, -0.2) is 0 Å². The number of hydrogen-bond donors (Lipinski definition) is 1. The molecule has 96 valence electrons. The van der Waals surface area contributed by atoms with Crippen molar-refractivity contribution in [3.8, 4) is 6.07 Å². The molecule has 0 amide bonds. The van der Waals surface area contributed by atoms with E-state index in [1.807, 2.05) is 12.1 Å². The zero-order chi connectivity index (χ0) is 13.1. The fourth-order valence-corrected chi connectivity index (χ4v) is 2.55. The zero-order valence-corrected chi connectivity index (χ0v) is 11.1. The second-order valence-corrected chi connectivity index (χ2v) is 5.03. The Morgan fingerprint density at radius 1 is 1.33 bits per heavy atom. The lowest BCUT2D eigenvalue weighted by atomic mass is 10.0. The molecule has 0 aliphatic carbocycles. The minimum absolute atomic E-state index is 0.572. The maximum atomic E-state index is 9.00. The van der Waals surface area contributed by atoms with E-state index in [-0.39, 0.29) is 0 Å². The molecule has 0 saturated carbocycles. The summed E-state index contributed by atoms with van der Waals surface area (Å²) in [5, 5.41) is 9.00. The van der Waals surface area contributed by atoms with Gasteiger partial charge in [-0.3, -0.25) is 0 Å². The normalized spacial score (nSPS) is 16.9. The van der Waals surface area contributed by atoms with Crippen molar-refractivity contribution in [3.05, 3.63) is 23.8 Å². The van der Waals surface area contributed by atoms with Crippen molar-refractivity contribution in [2.24, 2.45) is 0 Å². The first-order valence-electron chi connectivity index (χ1n) is 6.33. The molecule has 4 nitrogen and oxygen atoms in total. The number of nitrogens with zero attached hydrogens (tertiary/aromatic N) is 3. The summed E-state index contributed by atoms with van der Waals surface area (Å²) in [4.78, 5) is 4.57. The van der Waals surface area contributed by atoms with E-state index >= 15 is 0 Å². The maximum Gasteiger partial charge on any atom is 0.101 e. The van der Waals surface area contributed by atoms with Crippen LogP contribution in [-0.2, 0) is 0 Å². The van der Waals surface area contributed by atoms with Gasteiger partial charge in [-0.2, -0.15) is 5.26 Å². The standard InChI is InChI=1S/C14H20N4/c1-17(2)12-6-8-18(9-7-12)13-5-3-4-11(10-15)14(13)16/h3-5,12H,6-9,16H2,1-2H3. The Labute approximate surface area is 109 Å². The first-order chi connectivity index (χ1) is 8.63. The molecule has 1 aliphatic heterocycles. The highest BCUT2D eigenvalue weighted by atomic mass is 15.2. The average molecular weight is 244 g/mol. The zero-order valence-electron chi connectivity index (χ0n) is 11.1. The highest BCUT2D eigenvalue weighted by Crippen LogP contribution is 2.29. The Morgan fingerprint density at radius 3 is 2.56 bits per heavy atom. The summed E-state index contributed by atoms with van der Waals surface area (Å²) >= 11 is 0. The molecule has 0 bridgehead atoms. The van der Waals surface area contributed by atoms with Gasteiger partial charge in [0.2, 0.25) is 0 Å². The predicted octanol–water partition coefficient (Wildman–Crippen LogP) is 1.67. The van der Waals surface area contributed by atoms with Gasteiger partial charge in [0, 0.05) is 19.1 Å². The summed E-state index contributed by atoms with van der Waals surface area (Å²) in [6, 6.07) is 8.48. The topological polar surface area (TPSA) is 56.3 Å². The van der Waals surface area contributed by atoms with E-state index in [1.54, 1.807) is 6.07 Å². The molecular weight excluding hydrogens is 224 g/mol. The summed E-state index contributed by atoms with van der Waals surface area (Å²) in [7, 11) is 4.26. The minimum Gasteiger partial charge on any atom is -0.396 e. The lowest BCUT2D eigenvalue weighted by molar-refractivity contribution is 0.250. The molecule has 1 fully saturated rings. The quantitative estimate of drug-likeness (QED) is 0.804. The fraction of sp³-hybridized carbons (Fsp3) is 0.500. The van der Waals surface area contributed by atoms with Crippen molar-refractivity contribution >= 4 is 11.4 Å². The minimum atomic E-state index is 0.572. The summed E-state index contributed by atoms with van der Waals surface area (Å²) in [5.74, 6) is 0. The van der Waals surface area contributed by atoms with E-state index in [0.29, 0.717) is 17.3 Å². The first-order valence-corrected chi connectivity index (χ1v) is 6.33. The van der Waals surface area contributed by atoms with Crippen LogP contribution in [-0.4, -0.2) is 38.1 Å². The molecule has 1 aromatic rings. The number of nitrogen functional groups attached to an aromatic ring is 1. The van der Waals surface area contributed by atoms with Gasteiger partial charge in [0.1, 0.15) is 6.07 Å². The van der Waals surface area contributed by atoms with Gasteiger partial charge in [-0.15, -0.1) is 0 Å². The van der Waals surface area contributed by atoms with Crippen LogP contribution >= 0.6 is 0 Å². The Morgan fingerprint density at radius 2 is 2.00 bits per heavy atom. The number of nitriles is 1. The van der Waals surface area contributed by atoms with Crippen LogP contribution in [0.25, 0.3) is 0 Å². The van der Waals surface area contributed by atoms with Gasteiger partial charge in [0.05, 0.1) is 16.9 Å². The molecule has 0 unspecified atom stereocenters. The monoisotopic (exact) mass is 244 g/mol. The van der Waals surface area contributed by atoms with Crippen molar-refractivity contribution in [1.29, 1.82) is 5.26 Å². The summed E-state index contributed by atoms with van der Waals surface area (Å²) in [5.41, 5.74) is 8.24. The van der Waals surface area contributed by atoms with E-state index in [1.165, 1.54) is 0 Å². The predicted molar refractivity (Wildman–Crippen MR) is 74.5 cm³/mol. The third-order valence-electron chi connectivity index (χ3n) is 3.74. The SMILES string of the molecule is CN(C)C1CCN(c2cccc(C#N)c2N)CC1. The molecule has 4 heteroatoms. The molecule has 2 N–H and O–H groups in total. The molecule has 2 rings (SSSR count). The van der Waals surface area contributed by atoms with Crippen LogP contribution in [0.3, 0.4) is 0 Å². The van der Waals surface area contributed by atoms with Crippen LogP contribution in [0.1, 0.15) is 18.4 Å². The number of nitrogens with two attached hydrogens (primary N) is 1. The Kier molecular flexibility index (Phi) is 3.73. The smallest absolute Gasteiger partial charge is 0.101 e. The maximum absolute atomic E-state index is 9.00. The van der Waals surface area contributed by atoms with Crippen molar-refractivity contribution in [2.45, 2.75) is 18.9 Å². The summed E-state index contributed by atoms with van der Waals surface area (Å²) < 4.78 is 0. The van der Waals surface area contributed by atoms with Crippen molar-refractivity contribution in [3.63, 3.8) is 0 Å². The third kappa shape index (κ3) is 2.41. The number of rotatable bonds is 2. The first kappa shape index (κ1) is 12.7. The van der Waals surface area contributed by atoms with Crippen LogP contribution in [0.2, 0.25) is 0 Å². The van der Waals surface area contributed by atoms with Gasteiger partial charge in [0.25, 0.3) is 0 Å². The third-order valence-corrected chi connectivity index (χ3v) is 3.74. The summed E-state index contributed by atoms with van der Waals surface area (Å²) in [6.07, 6.45) is 2.28. The number of para-hydroxylation sites is 1. The van der Waals surface area contributed by atoms with Gasteiger partial charge in [-0.1, -0.05) is 6.07 Å². The van der Waals surface area contributed by atoms with Crippen LogP contribution in [0.5, 0.6) is 0 Å². The molecule has 0 spiro atoms. The van der Waals surface area contributed by atoms with Crippen LogP contribution in [0.4, 0.5) is 11.4 Å². The Hall–Kier alpha value is -1.73. The number of anilines is 2. The largest absolute Gasteiger partial charge is 0.396 e. The van der Waals surface area contributed by atoms with Gasteiger partial charge in [-0.05, 0) is 39.1 Å². The average Bonchev–Trinajstić information content (AvgIpc) is 2.39. The molecule has 1 aliphatic rings. The van der Waals surface area contributed by atoms with Gasteiger partial charge in [0.15, 0.2) is 0 Å². The van der Waals surface area contributed by atoms with Crippen LogP contribution in [0, 0.1) is 11.3 Å². The van der Waals surface area contributed by atoms with Crippen molar-refractivity contribution in [2.75, 3.05) is 37.8 Å². The van der Waals surface area contributed by atoms with E-state index in [9.17, 15) is 0 Å². The van der Waals surface area contributed by atoms with Crippen molar-refractivity contribution < 1.29 is 0 Å². The van der Waals surface area contributed by atoms with E-state index in [4.69, 9.17) is 11.0 Å². The second-order valence-electron chi connectivity index (χ2n) is 5.03. The Bertz CT molecular complexity index is 453. The Balaban J connectivity index is 2.13. The second kappa shape index (κ2) is 5.28.